The second kappa shape index (κ2) is 15.8. The van der Waals surface area contributed by atoms with Crippen LogP contribution >= 0.6 is 0 Å². The van der Waals surface area contributed by atoms with Gasteiger partial charge in [0.1, 0.15) is 11.9 Å². The van der Waals surface area contributed by atoms with E-state index < -0.39 is 12.1 Å². The number of nitrogens with zero attached hydrogens (tertiary/aromatic N) is 3. The molecule has 1 saturated carbocycles. The molecule has 2 aromatic rings. The number of methoxy groups -OCH3 is 1. The topological polar surface area (TPSA) is 126 Å². The second-order valence-corrected chi connectivity index (χ2v) is 15.9. The molecule has 0 radical (unpaired) electrons. The summed E-state index contributed by atoms with van der Waals surface area (Å²) in [7, 11) is 1.32. The molecule has 3 heterocycles. The number of rotatable bonds is 11. The fourth-order valence-electron chi connectivity index (χ4n) is 9.14. The number of likely N-dealkylation sites (tertiary alicyclic amines) is 1. The summed E-state index contributed by atoms with van der Waals surface area (Å²) in [6.07, 6.45) is 21.4. The molecule has 4 N–H and O–H groups in total. The summed E-state index contributed by atoms with van der Waals surface area (Å²) in [5.41, 5.74) is 19.8. The zero-order chi connectivity index (χ0) is 37.2. The lowest BCUT2D eigenvalue weighted by atomic mass is 9.77. The number of imidazole rings is 1. The molecule has 0 bridgehead atoms. The first-order chi connectivity index (χ1) is 25.0. The quantitative estimate of drug-likeness (QED) is 0.201. The Morgan fingerprint density at radius 3 is 2.58 bits per heavy atom. The van der Waals surface area contributed by atoms with Gasteiger partial charge in [-0.05, 0) is 116 Å². The van der Waals surface area contributed by atoms with E-state index in [1.54, 1.807) is 0 Å². The monoisotopic (exact) mass is 706 g/mol. The van der Waals surface area contributed by atoms with Gasteiger partial charge in [-0.25, -0.2) is 9.78 Å². The van der Waals surface area contributed by atoms with Gasteiger partial charge >= 0.3 is 6.09 Å². The highest BCUT2D eigenvalue weighted by Crippen LogP contribution is 2.49. The zero-order valence-corrected chi connectivity index (χ0v) is 32.2. The Labute approximate surface area is 310 Å². The van der Waals surface area contributed by atoms with Gasteiger partial charge in [0.25, 0.3) is 0 Å². The third-order valence-corrected chi connectivity index (χ3v) is 12.0. The van der Waals surface area contributed by atoms with E-state index in [1.165, 1.54) is 71.8 Å². The second-order valence-electron chi connectivity index (χ2n) is 15.9. The molecule has 3 aliphatic carbocycles. The summed E-state index contributed by atoms with van der Waals surface area (Å²) in [5.74, 6) is 0.603. The fraction of sp³-hybridized carbons (Fsp3) is 0.535. The van der Waals surface area contributed by atoms with Gasteiger partial charge in [0, 0.05) is 30.4 Å². The maximum absolute atomic E-state index is 13.8. The summed E-state index contributed by atoms with van der Waals surface area (Å²) < 4.78 is 4.82. The number of carbonyl (C=O) groups is 2. The number of carbonyl (C=O) groups excluding carboxylic acids is 2. The number of ether oxygens (including phenoxy) is 1. The smallest absolute Gasteiger partial charge is 0.407 e. The molecule has 9 heteroatoms. The normalized spacial score (nSPS) is 21.0. The molecule has 278 valence electrons. The van der Waals surface area contributed by atoms with E-state index in [0.717, 1.165) is 73.3 Å². The highest BCUT2D eigenvalue weighted by Gasteiger charge is 2.38. The van der Waals surface area contributed by atoms with E-state index in [-0.39, 0.29) is 23.3 Å². The van der Waals surface area contributed by atoms with Crippen molar-refractivity contribution in [2.45, 2.75) is 117 Å². The van der Waals surface area contributed by atoms with Gasteiger partial charge in [-0.1, -0.05) is 64.0 Å². The molecule has 2 fully saturated rings. The number of H-pyrrole nitrogens is 1. The number of nitrogens with two attached hydrogens (primary N) is 1. The number of aromatic nitrogens is 3. The number of pyridine rings is 1. The summed E-state index contributed by atoms with van der Waals surface area (Å²) in [6.45, 7) is 16.1. The number of hydrogen-bond donors (Lipinski definition) is 3. The fourth-order valence-corrected chi connectivity index (χ4v) is 9.14. The summed E-state index contributed by atoms with van der Waals surface area (Å²) in [5, 5.41) is 2.75. The zero-order valence-electron chi connectivity index (χ0n) is 32.2. The largest absolute Gasteiger partial charge is 0.453 e. The first kappa shape index (κ1) is 37.5. The lowest BCUT2D eigenvalue weighted by molar-refractivity contribution is -0.135. The number of allylic oxidation sites excluding steroid dienone is 8. The maximum atomic E-state index is 13.8. The van der Waals surface area contributed by atoms with Crippen LogP contribution in [0.15, 0.2) is 53.9 Å². The Bertz CT molecular complexity index is 1840. The number of alkyl carbamates (subject to hydrolysis) is 1. The van der Waals surface area contributed by atoms with Crippen molar-refractivity contribution in [2.75, 3.05) is 20.2 Å². The predicted octanol–water partition coefficient (Wildman–Crippen LogP) is 8.55. The van der Waals surface area contributed by atoms with E-state index in [9.17, 15) is 9.59 Å². The Morgan fingerprint density at radius 1 is 1.13 bits per heavy atom. The lowest BCUT2D eigenvalue weighted by Gasteiger charge is -2.30. The van der Waals surface area contributed by atoms with Gasteiger partial charge in [-0.15, -0.1) is 0 Å². The van der Waals surface area contributed by atoms with Crippen molar-refractivity contribution >= 4 is 28.7 Å². The number of amides is 2. The third-order valence-electron chi connectivity index (χ3n) is 12.0. The van der Waals surface area contributed by atoms with Crippen molar-refractivity contribution < 1.29 is 14.3 Å². The van der Waals surface area contributed by atoms with Crippen molar-refractivity contribution in [3.63, 3.8) is 0 Å². The van der Waals surface area contributed by atoms with Gasteiger partial charge in [-0.3, -0.25) is 9.78 Å². The lowest BCUT2D eigenvalue weighted by Crippen LogP contribution is -2.51. The van der Waals surface area contributed by atoms with Crippen molar-refractivity contribution in [1.82, 2.24) is 25.2 Å². The predicted molar refractivity (Wildman–Crippen MR) is 209 cm³/mol. The van der Waals surface area contributed by atoms with Gasteiger partial charge in [-0.2, -0.15) is 0 Å². The van der Waals surface area contributed by atoms with Crippen LogP contribution in [0.4, 0.5) is 4.79 Å². The molecular weight excluding hydrogens is 649 g/mol. The van der Waals surface area contributed by atoms with Crippen LogP contribution in [0.1, 0.15) is 132 Å². The average Bonchev–Trinajstić information content (AvgIpc) is 3.95. The van der Waals surface area contributed by atoms with Crippen LogP contribution in [0, 0.1) is 18.3 Å². The summed E-state index contributed by atoms with van der Waals surface area (Å²) in [4.78, 5) is 41.7. The van der Waals surface area contributed by atoms with Crippen molar-refractivity contribution in [3.8, 4) is 0 Å². The van der Waals surface area contributed by atoms with E-state index in [4.69, 9.17) is 20.4 Å². The highest BCUT2D eigenvalue weighted by molar-refractivity contribution is 5.92. The SMILES string of the molecule is C=CC(=CCN)c1cnc(C2=C(C)CC=C(c3cnc(C4CCCN4C(=O)C(NC(=O)OC)C(C)C)[nH]3)C3=C2CCC3)c(CC2(C)CCCC2)c1C. The van der Waals surface area contributed by atoms with Gasteiger partial charge in [0.15, 0.2) is 0 Å². The molecule has 9 nitrogen and oxygen atoms in total. The summed E-state index contributed by atoms with van der Waals surface area (Å²) in [6, 6.07) is -0.849. The Balaban J connectivity index is 1.36. The molecule has 6 rings (SSSR count). The molecule has 2 atom stereocenters. The number of hydrogen-bond acceptors (Lipinski definition) is 6. The van der Waals surface area contributed by atoms with Gasteiger partial charge in [0.05, 0.1) is 30.7 Å². The molecule has 4 aliphatic rings. The first-order valence-corrected chi connectivity index (χ1v) is 19.3. The van der Waals surface area contributed by atoms with Gasteiger partial charge < -0.3 is 25.7 Å². The highest BCUT2D eigenvalue weighted by atomic mass is 16.5. The maximum Gasteiger partial charge on any atom is 0.407 e. The van der Waals surface area contributed by atoms with Crippen LogP contribution in [0.5, 0.6) is 0 Å². The van der Waals surface area contributed by atoms with Crippen LogP contribution in [-0.2, 0) is 16.0 Å². The molecule has 1 aliphatic heterocycles. The van der Waals surface area contributed by atoms with Crippen LogP contribution in [0.3, 0.4) is 0 Å². The first-order valence-electron chi connectivity index (χ1n) is 19.3. The van der Waals surface area contributed by atoms with Crippen LogP contribution in [-0.4, -0.2) is 58.1 Å². The van der Waals surface area contributed by atoms with Crippen molar-refractivity contribution in [3.05, 3.63) is 87.8 Å². The third kappa shape index (κ3) is 7.34. The molecule has 2 aromatic heterocycles. The van der Waals surface area contributed by atoms with E-state index in [1.807, 2.05) is 43.3 Å². The van der Waals surface area contributed by atoms with Crippen molar-refractivity contribution in [1.29, 1.82) is 0 Å². The Hall–Kier alpha value is -4.24. The Morgan fingerprint density at radius 2 is 1.88 bits per heavy atom. The molecule has 2 unspecified atom stereocenters. The molecule has 0 spiro atoms. The van der Waals surface area contributed by atoms with Crippen LogP contribution in [0.2, 0.25) is 0 Å². The molecule has 52 heavy (non-hydrogen) atoms. The molecular formula is C43H58N6O3. The number of aromatic amines is 1. The van der Waals surface area contributed by atoms with E-state index >= 15 is 0 Å². The average molecular weight is 707 g/mol. The van der Waals surface area contributed by atoms with Crippen molar-refractivity contribution in [2.24, 2.45) is 17.1 Å². The van der Waals surface area contributed by atoms with Gasteiger partial charge in [0.2, 0.25) is 5.91 Å². The molecule has 0 aromatic carbocycles. The minimum Gasteiger partial charge on any atom is -0.453 e. The molecule has 1 saturated heterocycles. The standard InChI is InChI=1S/C43H58N6O3/c1-8-29(18-21-44)34-24-45-39(33(28(34)5)23-43(6)19-9-10-20-43)37-27(4)16-17-31(30-13-11-14-32(30)37)35-25-46-40(47-35)36-15-12-22-49(36)41(50)38(26(2)3)48-42(51)52-7/h8,17-18,24-26,36,38H,1,9-16,19-23,44H2,2-7H3,(H,46,47)(H,48,51). The van der Waals surface area contributed by atoms with Crippen LogP contribution < -0.4 is 11.1 Å². The molecule has 2 amide bonds. The number of nitrogens with one attached hydrogen (secondary N) is 2. The van der Waals surface area contributed by atoms with Crippen LogP contribution in [0.25, 0.3) is 16.7 Å². The van der Waals surface area contributed by atoms with E-state index in [2.05, 4.69) is 43.7 Å². The summed E-state index contributed by atoms with van der Waals surface area (Å²) >= 11 is 0. The Kier molecular flexibility index (Phi) is 11.4. The minimum absolute atomic E-state index is 0.0868. The van der Waals surface area contributed by atoms with E-state index in [0.29, 0.717) is 13.1 Å². The minimum atomic E-state index is -0.668.